The second-order valence-electron chi connectivity index (χ2n) is 8.84. The number of nitrogens with one attached hydrogen (secondary N) is 1. The molecule has 0 amide bonds. The number of benzene rings is 2. The molecule has 1 N–H and O–H groups in total. The van der Waals surface area contributed by atoms with Crippen LogP contribution in [0.15, 0.2) is 55.0 Å². The van der Waals surface area contributed by atoms with Crippen molar-refractivity contribution in [2.75, 3.05) is 37.6 Å². The number of H-pyrrole nitrogens is 1. The quantitative estimate of drug-likeness (QED) is 0.281. The standard InChI is InChI=1S/C27H26F2N6/c1-30-22-6-8-26-24(15-22)19(16-31-26)4-2-3-9-34-10-12-35(13-11-34)27-32-17-20(18-33-27)23-7-5-21(28)14-25(23)29/h5-8,14-18,31H,2-4,9-13H2. The summed E-state index contributed by atoms with van der Waals surface area (Å²) in [5.74, 6) is -0.586. The largest absolute Gasteiger partial charge is 0.361 e. The fourth-order valence-electron chi connectivity index (χ4n) is 4.61. The maximum absolute atomic E-state index is 14.0. The number of rotatable bonds is 7. The van der Waals surface area contributed by atoms with Crippen LogP contribution in [0.5, 0.6) is 0 Å². The molecule has 0 aliphatic carbocycles. The lowest BCUT2D eigenvalue weighted by Gasteiger charge is -2.34. The summed E-state index contributed by atoms with van der Waals surface area (Å²) in [6, 6.07) is 9.30. The van der Waals surface area contributed by atoms with Gasteiger partial charge in [-0.15, -0.1) is 0 Å². The molecule has 1 aliphatic rings. The average molecular weight is 473 g/mol. The molecule has 1 aliphatic heterocycles. The van der Waals surface area contributed by atoms with E-state index in [1.807, 2.05) is 18.2 Å². The van der Waals surface area contributed by atoms with Crippen LogP contribution in [-0.4, -0.2) is 52.6 Å². The molecule has 6 nitrogen and oxygen atoms in total. The van der Waals surface area contributed by atoms with Gasteiger partial charge in [0.25, 0.3) is 0 Å². The fraction of sp³-hybridized carbons (Fsp3) is 0.296. The molecule has 4 aromatic rings. The van der Waals surface area contributed by atoms with Crippen molar-refractivity contribution in [3.8, 4) is 11.1 Å². The zero-order valence-electron chi connectivity index (χ0n) is 19.3. The minimum atomic E-state index is -0.618. The summed E-state index contributed by atoms with van der Waals surface area (Å²) in [7, 11) is 0. The van der Waals surface area contributed by atoms with Gasteiger partial charge in [0.1, 0.15) is 11.6 Å². The molecule has 0 radical (unpaired) electrons. The van der Waals surface area contributed by atoms with Gasteiger partial charge < -0.3 is 9.88 Å². The van der Waals surface area contributed by atoms with Gasteiger partial charge in [-0.25, -0.2) is 23.6 Å². The third-order valence-corrected chi connectivity index (χ3v) is 6.59. The van der Waals surface area contributed by atoms with Crippen LogP contribution >= 0.6 is 0 Å². The number of piperazine rings is 1. The SMILES string of the molecule is [C-]#[N+]c1ccc2[nH]cc(CCCCN3CCN(c4ncc(-c5ccc(F)cc5F)cn4)CC3)c2c1. The summed E-state index contributed by atoms with van der Waals surface area (Å²) in [6.45, 7) is 11.8. The van der Waals surface area contributed by atoms with Crippen molar-refractivity contribution in [1.82, 2.24) is 19.9 Å². The van der Waals surface area contributed by atoms with Crippen molar-refractivity contribution in [1.29, 1.82) is 0 Å². The van der Waals surface area contributed by atoms with Crippen LogP contribution in [0.25, 0.3) is 26.9 Å². The minimum Gasteiger partial charge on any atom is -0.361 e. The summed E-state index contributed by atoms with van der Waals surface area (Å²) < 4.78 is 27.2. The first kappa shape index (κ1) is 22.9. The molecule has 0 atom stereocenters. The zero-order chi connectivity index (χ0) is 24.2. The molecule has 5 rings (SSSR count). The van der Waals surface area contributed by atoms with Gasteiger partial charge in [0.2, 0.25) is 5.95 Å². The van der Waals surface area contributed by atoms with Crippen LogP contribution < -0.4 is 4.90 Å². The van der Waals surface area contributed by atoms with E-state index in [9.17, 15) is 8.78 Å². The van der Waals surface area contributed by atoms with Gasteiger partial charge in [-0.2, -0.15) is 0 Å². The molecule has 1 saturated heterocycles. The van der Waals surface area contributed by atoms with Crippen LogP contribution in [0.4, 0.5) is 20.4 Å². The lowest BCUT2D eigenvalue weighted by molar-refractivity contribution is 0.252. The Balaban J connectivity index is 1.09. The molecule has 178 valence electrons. The summed E-state index contributed by atoms with van der Waals surface area (Å²) in [5, 5.41) is 1.15. The van der Waals surface area contributed by atoms with Crippen LogP contribution in [0.2, 0.25) is 0 Å². The number of hydrogen-bond acceptors (Lipinski definition) is 4. The third kappa shape index (κ3) is 5.15. The Kier molecular flexibility index (Phi) is 6.68. The van der Waals surface area contributed by atoms with E-state index in [1.54, 1.807) is 12.4 Å². The highest BCUT2D eigenvalue weighted by molar-refractivity contribution is 5.86. The number of aryl methyl sites for hydroxylation is 1. The van der Waals surface area contributed by atoms with Gasteiger partial charge in [-0.05, 0) is 61.0 Å². The molecular formula is C27H26F2N6. The molecule has 0 bridgehead atoms. The Bertz CT molecular complexity index is 1350. The van der Waals surface area contributed by atoms with Gasteiger partial charge in [-0.1, -0.05) is 6.07 Å². The van der Waals surface area contributed by atoms with Crippen molar-refractivity contribution in [2.45, 2.75) is 19.3 Å². The summed E-state index contributed by atoms with van der Waals surface area (Å²) in [4.78, 5) is 20.3. The normalized spacial score (nSPS) is 14.4. The number of unbranched alkanes of at least 4 members (excludes halogenated alkanes) is 1. The predicted molar refractivity (Wildman–Crippen MR) is 134 cm³/mol. The highest BCUT2D eigenvalue weighted by Gasteiger charge is 2.19. The molecule has 0 saturated carbocycles. The Morgan fingerprint density at radius 1 is 0.971 bits per heavy atom. The number of hydrogen-bond donors (Lipinski definition) is 1. The van der Waals surface area contributed by atoms with E-state index in [-0.39, 0.29) is 0 Å². The van der Waals surface area contributed by atoms with Crippen molar-refractivity contribution >= 4 is 22.5 Å². The number of aromatic amines is 1. The fourth-order valence-corrected chi connectivity index (χ4v) is 4.61. The molecular weight excluding hydrogens is 446 g/mol. The molecule has 2 aromatic carbocycles. The number of fused-ring (bicyclic) bond motifs is 1. The van der Waals surface area contributed by atoms with Crippen molar-refractivity contribution in [3.05, 3.63) is 83.6 Å². The Morgan fingerprint density at radius 2 is 1.77 bits per heavy atom. The highest BCUT2D eigenvalue weighted by Crippen LogP contribution is 2.26. The predicted octanol–water partition coefficient (Wildman–Crippen LogP) is 5.60. The number of anilines is 1. The van der Waals surface area contributed by atoms with E-state index in [0.29, 0.717) is 22.8 Å². The average Bonchev–Trinajstić information content (AvgIpc) is 3.29. The molecule has 0 unspecified atom stereocenters. The Labute approximate surface area is 203 Å². The van der Waals surface area contributed by atoms with Crippen molar-refractivity contribution in [3.63, 3.8) is 0 Å². The highest BCUT2D eigenvalue weighted by atomic mass is 19.1. The molecule has 35 heavy (non-hydrogen) atoms. The van der Waals surface area contributed by atoms with Crippen LogP contribution in [0.3, 0.4) is 0 Å². The third-order valence-electron chi connectivity index (χ3n) is 6.59. The lowest BCUT2D eigenvalue weighted by Crippen LogP contribution is -2.47. The summed E-state index contributed by atoms with van der Waals surface area (Å²) in [6.07, 6.45) is 8.46. The summed E-state index contributed by atoms with van der Waals surface area (Å²) >= 11 is 0. The second-order valence-corrected chi connectivity index (χ2v) is 8.84. The number of halogens is 2. The van der Waals surface area contributed by atoms with Crippen LogP contribution in [-0.2, 0) is 6.42 Å². The Hall–Kier alpha value is -3.83. The molecule has 8 heteroatoms. The molecule has 2 aromatic heterocycles. The monoisotopic (exact) mass is 472 g/mol. The first-order valence-electron chi connectivity index (χ1n) is 11.8. The van der Waals surface area contributed by atoms with E-state index in [1.165, 1.54) is 17.7 Å². The minimum absolute atomic E-state index is 0.294. The Morgan fingerprint density at radius 3 is 2.51 bits per heavy atom. The molecule has 1 fully saturated rings. The maximum atomic E-state index is 14.0. The maximum Gasteiger partial charge on any atom is 0.225 e. The van der Waals surface area contributed by atoms with Crippen LogP contribution in [0.1, 0.15) is 18.4 Å². The summed E-state index contributed by atoms with van der Waals surface area (Å²) in [5.41, 5.74) is 3.86. The topological polar surface area (TPSA) is 52.4 Å². The van der Waals surface area contributed by atoms with Gasteiger partial charge in [0.05, 0.1) is 6.57 Å². The van der Waals surface area contributed by atoms with Gasteiger partial charge in [0.15, 0.2) is 5.69 Å². The zero-order valence-corrected chi connectivity index (χ0v) is 19.3. The number of nitrogens with zero attached hydrogens (tertiary/aromatic N) is 5. The van der Waals surface area contributed by atoms with Crippen molar-refractivity contribution in [2.24, 2.45) is 0 Å². The van der Waals surface area contributed by atoms with Crippen molar-refractivity contribution < 1.29 is 8.78 Å². The molecule has 3 heterocycles. The van der Waals surface area contributed by atoms with Gasteiger partial charge in [-0.3, -0.25) is 4.90 Å². The first-order chi connectivity index (χ1) is 17.1. The smallest absolute Gasteiger partial charge is 0.225 e. The van der Waals surface area contributed by atoms with Gasteiger partial charge >= 0.3 is 0 Å². The van der Waals surface area contributed by atoms with E-state index in [4.69, 9.17) is 6.57 Å². The van der Waals surface area contributed by atoms with E-state index in [0.717, 1.165) is 69.0 Å². The van der Waals surface area contributed by atoms with E-state index >= 15 is 0 Å². The first-order valence-corrected chi connectivity index (χ1v) is 11.8. The second kappa shape index (κ2) is 10.2. The molecule has 0 spiro atoms. The van der Waals surface area contributed by atoms with E-state index < -0.39 is 11.6 Å². The lowest BCUT2D eigenvalue weighted by atomic mass is 10.1. The van der Waals surface area contributed by atoms with Crippen LogP contribution in [0, 0.1) is 18.2 Å². The van der Waals surface area contributed by atoms with E-state index in [2.05, 4.69) is 35.8 Å². The number of aromatic nitrogens is 3. The van der Waals surface area contributed by atoms with Gasteiger partial charge in [0, 0.05) is 67.5 Å².